The first-order valence-corrected chi connectivity index (χ1v) is 9.26. The number of ether oxygens (including phenoxy) is 1. The number of fused-ring (bicyclic) bond motifs is 1. The highest BCUT2D eigenvalue weighted by molar-refractivity contribution is 5.96. The van der Waals surface area contributed by atoms with E-state index in [0.717, 1.165) is 23.9 Å². The maximum atomic E-state index is 12.5. The van der Waals surface area contributed by atoms with Gasteiger partial charge in [-0.1, -0.05) is 30.3 Å². The maximum Gasteiger partial charge on any atom is 0.241 e. The van der Waals surface area contributed by atoms with E-state index in [1.807, 2.05) is 42.5 Å². The fourth-order valence-corrected chi connectivity index (χ4v) is 3.41. The number of amides is 1. The van der Waals surface area contributed by atoms with Gasteiger partial charge in [-0.15, -0.1) is 0 Å². The van der Waals surface area contributed by atoms with E-state index in [1.54, 1.807) is 6.07 Å². The molecule has 27 heavy (non-hydrogen) atoms. The standard InChI is InChI=1S/C21H23N3O3/c22-20(15-8-10-26-11-9-15)21(25)23-16-6-7-17-18(13-16)27-19(24-17)12-14-4-2-1-3-5-14/h1-7,13,15,20H,8-12,22H2,(H,23,25). The van der Waals surface area contributed by atoms with Gasteiger partial charge in [0.05, 0.1) is 6.04 Å². The third-order valence-corrected chi connectivity index (χ3v) is 4.98. The van der Waals surface area contributed by atoms with Crippen LogP contribution in [0.25, 0.3) is 11.1 Å². The molecule has 1 saturated heterocycles. The Labute approximate surface area is 157 Å². The molecule has 3 N–H and O–H groups in total. The molecule has 1 unspecified atom stereocenters. The van der Waals surface area contributed by atoms with Gasteiger partial charge in [0, 0.05) is 31.4 Å². The number of carbonyl (C=O) groups excluding carboxylic acids is 1. The Balaban J connectivity index is 1.45. The molecule has 1 amide bonds. The minimum Gasteiger partial charge on any atom is -0.440 e. The second kappa shape index (κ2) is 7.90. The van der Waals surface area contributed by atoms with Gasteiger partial charge in [-0.3, -0.25) is 4.79 Å². The van der Waals surface area contributed by atoms with E-state index in [-0.39, 0.29) is 11.8 Å². The number of carbonyl (C=O) groups is 1. The van der Waals surface area contributed by atoms with Crippen molar-refractivity contribution < 1.29 is 13.9 Å². The Morgan fingerprint density at radius 1 is 1.19 bits per heavy atom. The highest BCUT2D eigenvalue weighted by Crippen LogP contribution is 2.23. The largest absolute Gasteiger partial charge is 0.440 e. The molecule has 6 heteroatoms. The van der Waals surface area contributed by atoms with Crippen molar-refractivity contribution in [3.63, 3.8) is 0 Å². The van der Waals surface area contributed by atoms with Gasteiger partial charge in [-0.25, -0.2) is 4.98 Å². The molecular formula is C21H23N3O3. The van der Waals surface area contributed by atoms with Crippen LogP contribution in [0.4, 0.5) is 5.69 Å². The molecule has 2 heterocycles. The number of rotatable bonds is 5. The molecule has 0 bridgehead atoms. The van der Waals surface area contributed by atoms with E-state index in [4.69, 9.17) is 14.9 Å². The average molecular weight is 365 g/mol. The van der Waals surface area contributed by atoms with Gasteiger partial charge >= 0.3 is 0 Å². The van der Waals surface area contributed by atoms with Gasteiger partial charge in [0.1, 0.15) is 5.52 Å². The molecule has 1 fully saturated rings. The maximum absolute atomic E-state index is 12.5. The predicted octanol–water partition coefficient (Wildman–Crippen LogP) is 3.11. The van der Waals surface area contributed by atoms with Crippen molar-refractivity contribution in [3.05, 3.63) is 60.0 Å². The Hall–Kier alpha value is -2.70. The summed E-state index contributed by atoms with van der Waals surface area (Å²) in [5, 5.41) is 2.90. The number of nitrogens with two attached hydrogens (primary N) is 1. The summed E-state index contributed by atoms with van der Waals surface area (Å²) in [6.07, 6.45) is 2.27. The van der Waals surface area contributed by atoms with Crippen LogP contribution in [0.5, 0.6) is 0 Å². The fourth-order valence-electron chi connectivity index (χ4n) is 3.41. The molecular weight excluding hydrogens is 342 g/mol. The fraction of sp³-hybridized carbons (Fsp3) is 0.333. The van der Waals surface area contributed by atoms with Crippen molar-refractivity contribution in [3.8, 4) is 0 Å². The second-order valence-electron chi connectivity index (χ2n) is 6.92. The summed E-state index contributed by atoms with van der Waals surface area (Å²) in [7, 11) is 0. The molecule has 0 radical (unpaired) electrons. The van der Waals surface area contributed by atoms with Gasteiger partial charge in [-0.05, 0) is 36.5 Å². The van der Waals surface area contributed by atoms with Crippen LogP contribution in [0.2, 0.25) is 0 Å². The van der Waals surface area contributed by atoms with Crippen molar-refractivity contribution >= 4 is 22.7 Å². The molecule has 2 aromatic carbocycles. The molecule has 6 nitrogen and oxygen atoms in total. The summed E-state index contributed by atoms with van der Waals surface area (Å²) in [6.45, 7) is 1.33. The van der Waals surface area contributed by atoms with E-state index in [2.05, 4.69) is 10.3 Å². The SMILES string of the molecule is NC(C(=O)Nc1ccc2nc(Cc3ccccc3)oc2c1)C1CCOCC1. The van der Waals surface area contributed by atoms with E-state index in [1.165, 1.54) is 0 Å². The zero-order chi connectivity index (χ0) is 18.6. The summed E-state index contributed by atoms with van der Waals surface area (Å²) < 4.78 is 11.2. The summed E-state index contributed by atoms with van der Waals surface area (Å²) >= 11 is 0. The molecule has 1 aliphatic rings. The highest BCUT2D eigenvalue weighted by atomic mass is 16.5. The topological polar surface area (TPSA) is 90.4 Å². The van der Waals surface area contributed by atoms with Crippen LogP contribution in [-0.4, -0.2) is 30.1 Å². The third kappa shape index (κ3) is 4.18. The zero-order valence-electron chi connectivity index (χ0n) is 15.1. The normalized spacial score (nSPS) is 16.3. The number of hydrogen-bond acceptors (Lipinski definition) is 5. The first kappa shape index (κ1) is 17.7. The minimum absolute atomic E-state index is 0.158. The van der Waals surface area contributed by atoms with Crippen molar-refractivity contribution in [1.82, 2.24) is 4.98 Å². The van der Waals surface area contributed by atoms with Crippen LogP contribution in [0, 0.1) is 5.92 Å². The smallest absolute Gasteiger partial charge is 0.241 e. The van der Waals surface area contributed by atoms with Crippen LogP contribution in [-0.2, 0) is 16.0 Å². The Kier molecular flexibility index (Phi) is 5.18. The minimum atomic E-state index is -0.534. The summed E-state index contributed by atoms with van der Waals surface area (Å²) in [4.78, 5) is 17.0. The van der Waals surface area contributed by atoms with Crippen LogP contribution in [0.3, 0.4) is 0 Å². The zero-order valence-corrected chi connectivity index (χ0v) is 15.1. The van der Waals surface area contributed by atoms with Crippen LogP contribution in [0.15, 0.2) is 52.9 Å². The predicted molar refractivity (Wildman–Crippen MR) is 103 cm³/mol. The first-order chi connectivity index (χ1) is 13.2. The number of nitrogens with zero attached hydrogens (tertiary/aromatic N) is 1. The lowest BCUT2D eigenvalue weighted by atomic mass is 9.92. The molecule has 0 saturated carbocycles. The molecule has 1 aromatic heterocycles. The second-order valence-corrected chi connectivity index (χ2v) is 6.92. The van der Waals surface area contributed by atoms with E-state index >= 15 is 0 Å². The van der Waals surface area contributed by atoms with Gasteiger partial charge in [0.2, 0.25) is 5.91 Å². The quantitative estimate of drug-likeness (QED) is 0.725. The van der Waals surface area contributed by atoms with Gasteiger partial charge < -0.3 is 20.2 Å². The number of anilines is 1. The lowest BCUT2D eigenvalue weighted by molar-refractivity contribution is -0.119. The van der Waals surface area contributed by atoms with Crippen LogP contribution >= 0.6 is 0 Å². The van der Waals surface area contributed by atoms with Crippen LogP contribution in [0.1, 0.15) is 24.3 Å². The Morgan fingerprint density at radius 2 is 1.96 bits per heavy atom. The number of benzene rings is 2. The number of hydrogen-bond donors (Lipinski definition) is 2. The van der Waals surface area contributed by atoms with Crippen molar-refractivity contribution in [2.24, 2.45) is 11.7 Å². The van der Waals surface area contributed by atoms with E-state index in [9.17, 15) is 4.79 Å². The van der Waals surface area contributed by atoms with Gasteiger partial charge in [-0.2, -0.15) is 0 Å². The molecule has 4 rings (SSSR count). The highest BCUT2D eigenvalue weighted by Gasteiger charge is 2.26. The van der Waals surface area contributed by atoms with Gasteiger partial charge in [0.25, 0.3) is 0 Å². The van der Waals surface area contributed by atoms with Crippen LogP contribution < -0.4 is 11.1 Å². The van der Waals surface area contributed by atoms with Crippen molar-refractivity contribution in [1.29, 1.82) is 0 Å². The van der Waals surface area contributed by atoms with E-state index < -0.39 is 6.04 Å². The Morgan fingerprint density at radius 3 is 2.74 bits per heavy atom. The molecule has 1 aliphatic heterocycles. The molecule has 3 aromatic rings. The molecule has 0 aliphatic carbocycles. The van der Waals surface area contributed by atoms with Crippen molar-refractivity contribution in [2.45, 2.75) is 25.3 Å². The number of oxazole rings is 1. The summed E-state index contributed by atoms with van der Waals surface area (Å²) in [6, 6.07) is 15.0. The van der Waals surface area contributed by atoms with Gasteiger partial charge in [0.15, 0.2) is 11.5 Å². The number of aromatic nitrogens is 1. The Bertz CT molecular complexity index is 917. The summed E-state index contributed by atoms with van der Waals surface area (Å²) in [5.41, 5.74) is 9.36. The molecule has 140 valence electrons. The van der Waals surface area contributed by atoms with Crippen molar-refractivity contribution in [2.75, 3.05) is 18.5 Å². The van der Waals surface area contributed by atoms with E-state index in [0.29, 0.717) is 36.8 Å². The summed E-state index contributed by atoms with van der Waals surface area (Å²) in [5.74, 6) is 0.633. The lowest BCUT2D eigenvalue weighted by Crippen LogP contribution is -2.43. The first-order valence-electron chi connectivity index (χ1n) is 9.26. The lowest BCUT2D eigenvalue weighted by Gasteiger charge is -2.26. The third-order valence-electron chi connectivity index (χ3n) is 4.98. The monoisotopic (exact) mass is 365 g/mol. The number of nitrogens with one attached hydrogen (secondary N) is 1. The molecule has 0 spiro atoms. The average Bonchev–Trinajstić information content (AvgIpc) is 3.10. The molecule has 1 atom stereocenters.